The van der Waals surface area contributed by atoms with Crippen molar-refractivity contribution in [2.45, 2.75) is 141 Å². The van der Waals surface area contributed by atoms with Crippen LogP contribution in [-0.4, -0.2) is 130 Å². The fourth-order valence-electron chi connectivity index (χ4n) is 7.87. The highest BCUT2D eigenvalue weighted by atomic mass is 127. The molecule has 0 unspecified atom stereocenters. The van der Waals surface area contributed by atoms with Crippen molar-refractivity contribution in [1.82, 2.24) is 24.8 Å². The van der Waals surface area contributed by atoms with E-state index in [2.05, 4.69) is 39.6 Å². The summed E-state index contributed by atoms with van der Waals surface area (Å²) in [6.45, 7) is 28.4. The van der Waals surface area contributed by atoms with E-state index in [4.69, 9.17) is 56.6 Å². The second-order valence-corrected chi connectivity index (χ2v) is 23.3. The molecule has 0 aliphatic carbocycles. The second kappa shape index (κ2) is 27.9. The maximum absolute atomic E-state index is 15.7. The molecule has 0 saturated carbocycles. The first kappa shape index (κ1) is 71.2. The van der Waals surface area contributed by atoms with E-state index in [9.17, 15) is 49.1 Å². The number of rotatable bonds is 10. The number of amides is 2. The monoisotopic (exact) mass is 1360 g/mol. The van der Waals surface area contributed by atoms with E-state index in [0.29, 0.717) is 10.4 Å². The predicted octanol–water partition coefficient (Wildman–Crippen LogP) is 12.7. The maximum atomic E-state index is 15.7. The number of carbonyl (C=O) groups excluding carboxylic acids is 2. The van der Waals surface area contributed by atoms with Crippen LogP contribution in [0.4, 0.5) is 65.1 Å². The van der Waals surface area contributed by atoms with Gasteiger partial charge in [0.1, 0.15) is 96.3 Å². The number of hydrogen-bond donors (Lipinski definition) is 1. The average molecular weight is 1360 g/mol. The zero-order valence-electron chi connectivity index (χ0n) is 49.3. The number of hydrogen-bond acceptors (Lipinski definition) is 17. The average Bonchev–Trinajstić information content (AvgIpc) is 1.25. The molecule has 1 fully saturated rings. The van der Waals surface area contributed by atoms with Crippen molar-refractivity contribution in [2.24, 2.45) is 15.7 Å². The van der Waals surface area contributed by atoms with Gasteiger partial charge < -0.3 is 53.2 Å². The molecule has 2 amide bonds. The predicted molar refractivity (Wildman–Crippen MR) is 309 cm³/mol. The summed E-state index contributed by atoms with van der Waals surface area (Å²) in [5.74, 6) is -2.76. The number of benzene rings is 2. The van der Waals surface area contributed by atoms with Crippen molar-refractivity contribution in [3.63, 3.8) is 0 Å². The lowest BCUT2D eigenvalue weighted by Gasteiger charge is -2.40. The van der Waals surface area contributed by atoms with Gasteiger partial charge in [-0.2, -0.15) is 26.3 Å². The van der Waals surface area contributed by atoms with Crippen LogP contribution in [0.5, 0.6) is 0 Å². The summed E-state index contributed by atoms with van der Waals surface area (Å²) in [5, 5.41) is 0. The molecule has 88 heavy (non-hydrogen) atoms. The summed E-state index contributed by atoms with van der Waals surface area (Å²) < 4.78 is 180. The van der Waals surface area contributed by atoms with E-state index in [1.807, 2.05) is 27.7 Å². The Morgan fingerprint density at radius 2 is 1.14 bits per heavy atom. The Bertz CT molecular complexity index is 3340. The van der Waals surface area contributed by atoms with Gasteiger partial charge in [0, 0.05) is 15.2 Å². The number of alkyl halides is 6. The third-order valence-electron chi connectivity index (χ3n) is 12.9. The molecule has 4 aromatic rings. The summed E-state index contributed by atoms with van der Waals surface area (Å²) in [7, 11) is -0.944. The minimum atomic E-state index is -4.73. The quantitative estimate of drug-likeness (QED) is 0.0675. The topological polar surface area (TPSA) is 222 Å². The van der Waals surface area contributed by atoms with Crippen LogP contribution >= 0.6 is 22.6 Å². The van der Waals surface area contributed by atoms with E-state index >= 15 is 4.39 Å². The summed E-state index contributed by atoms with van der Waals surface area (Å²) in [4.78, 5) is 56.2. The molecule has 3 aliphatic heterocycles. The van der Waals surface area contributed by atoms with Crippen molar-refractivity contribution in [3.05, 3.63) is 128 Å². The molecule has 4 atom stereocenters. The number of aliphatic imine (C=N–C) groups is 2. The van der Waals surface area contributed by atoms with Gasteiger partial charge in [-0.15, -0.1) is 14.9 Å². The van der Waals surface area contributed by atoms with Crippen molar-refractivity contribution in [3.8, 4) is 0 Å². The zero-order valence-corrected chi connectivity index (χ0v) is 51.5. The number of imide groups is 1. The summed E-state index contributed by atoms with van der Waals surface area (Å²) in [6.07, 6.45) is -8.98. The Hall–Kier alpha value is -7.53. The van der Waals surface area contributed by atoms with Gasteiger partial charge in [-0.25, -0.2) is 37.1 Å². The van der Waals surface area contributed by atoms with Gasteiger partial charge in [0.2, 0.25) is 0 Å². The molecule has 2 aromatic heterocycles. The van der Waals surface area contributed by atoms with Crippen LogP contribution in [0.1, 0.15) is 111 Å². The Morgan fingerprint density at radius 1 is 0.693 bits per heavy atom. The number of ether oxygens (including phenoxy) is 6. The largest absolute Gasteiger partial charge is 0.494 e. The molecule has 3 aliphatic rings. The Labute approximate surface area is 513 Å². The summed E-state index contributed by atoms with van der Waals surface area (Å²) in [5.41, 5.74) is -1.53. The molecule has 1 saturated heterocycles. The lowest BCUT2D eigenvalue weighted by molar-refractivity contribution is -0.197. The Morgan fingerprint density at radius 3 is 1.57 bits per heavy atom. The smallest absolute Gasteiger partial charge is 0.463 e. The fourth-order valence-corrected chi connectivity index (χ4v) is 8.19. The molecule has 2 N–H and O–H groups in total. The first-order valence-electron chi connectivity index (χ1n) is 26.1. The van der Waals surface area contributed by atoms with Crippen LogP contribution in [0.3, 0.4) is 0 Å². The van der Waals surface area contributed by atoms with E-state index < -0.39 is 133 Å². The molecule has 2 aromatic carbocycles. The first-order valence-corrected chi connectivity index (χ1v) is 27.3. The number of nitrogens with two attached hydrogens (primary N) is 1. The highest BCUT2D eigenvalue weighted by Crippen LogP contribution is 2.41. The fraction of sp³-hybridized carbons (Fsp3) is 0.464. The molecular formula is C56H60BF10IN10O10. The van der Waals surface area contributed by atoms with Crippen LogP contribution in [0, 0.1) is 24.8 Å². The lowest BCUT2D eigenvalue weighted by atomic mass is 9.75. The molecule has 0 spiro atoms. The molecular weight excluding hydrogens is 1300 g/mol. The number of nitrogens with zero attached hydrogens (tertiary/aromatic N) is 9. The summed E-state index contributed by atoms with van der Waals surface area (Å²) in [6, 6.07) is 6.36. The van der Waals surface area contributed by atoms with E-state index in [1.165, 1.54) is 54.6 Å². The zero-order chi connectivity index (χ0) is 66.2. The van der Waals surface area contributed by atoms with E-state index in [-0.39, 0.29) is 45.7 Å². The van der Waals surface area contributed by atoms with Gasteiger partial charge in [0.05, 0.1) is 23.6 Å². The number of carbonyl (C=O) groups is 2. The number of halogens is 11. The van der Waals surface area contributed by atoms with Crippen molar-refractivity contribution in [2.75, 3.05) is 26.4 Å². The Balaban J connectivity index is 0.000000278. The third kappa shape index (κ3) is 19.0. The normalized spacial score (nSPS) is 21.0. The van der Waals surface area contributed by atoms with Gasteiger partial charge in [-0.05, 0) is 141 Å². The van der Waals surface area contributed by atoms with Gasteiger partial charge >= 0.3 is 37.7 Å². The van der Waals surface area contributed by atoms with Crippen molar-refractivity contribution in [1.29, 1.82) is 0 Å². The number of aromatic nitrogens is 4. The molecule has 0 bridgehead atoms. The second-order valence-electron chi connectivity index (χ2n) is 22.6. The standard InChI is InChI=1S/C29H41BF4N2O8.C20H16F5N5O2.C7H3FIN3/c1-24(2,3)41-22(37)36(23(38)42-25(4,5)6)21-35-28(11,20(15-39-21)40-16-29(32,33)34)18-14-17(12-13-19(18)31)30-43-26(7,8)27(9,10)44-30;1-19(16(9-31-18(26)30-19)32-10-20(23,24)25)12-5-11(3-4-13(12)21)6-14(22)15-7-29-17(27-2)8-28-15;1-10-7-4-11-6(3-12-7)5(8)2-9/h12-14,20H,15-16H2,1-11H3;3-8,16H,9-10H2,1H3,(H2,26,30);2-4H/b;14-6-;5-2-/t20-,28+;16-,19+;/m00./s1. The van der Waals surface area contributed by atoms with Crippen LogP contribution in [0.15, 0.2) is 75.3 Å². The minimum Gasteiger partial charge on any atom is -0.463 e. The van der Waals surface area contributed by atoms with Crippen molar-refractivity contribution < 1.29 is 91.2 Å². The summed E-state index contributed by atoms with van der Waals surface area (Å²) >= 11 is 1.77. The van der Waals surface area contributed by atoms with Crippen LogP contribution < -0.4 is 11.2 Å². The maximum Gasteiger partial charge on any atom is 0.494 e. The highest BCUT2D eigenvalue weighted by Gasteiger charge is 2.54. The minimum absolute atomic E-state index is 0.0154. The molecule has 32 heteroatoms. The molecule has 0 radical (unpaired) electrons. The third-order valence-corrected chi connectivity index (χ3v) is 13.4. The van der Waals surface area contributed by atoms with Crippen LogP contribution in [0.2, 0.25) is 0 Å². The van der Waals surface area contributed by atoms with E-state index in [0.717, 1.165) is 30.6 Å². The van der Waals surface area contributed by atoms with E-state index in [1.54, 1.807) is 64.1 Å². The van der Waals surface area contributed by atoms with Crippen LogP contribution in [-0.2, 0) is 48.8 Å². The lowest BCUT2D eigenvalue weighted by Crippen LogP contribution is -2.54. The molecule has 5 heterocycles. The SMILES string of the molecule is CC(C)(C)OC(=O)N(C(=O)OC(C)(C)C)C1=N[C@](C)(c2cc(B3OC(C)(C)C(C)(C)O3)ccc2F)[C@@H](OCC(F)(F)F)CO1.[C-]#[N+]c1cnc(/C(F)=C/I)cn1.[C-]#[N+]c1cnc(/C(F)=C/c2ccc(F)c([C@@]3(C)N=C(N)OC[C@@H]3OCC(F)(F)F)c2)cn1. The van der Waals surface area contributed by atoms with Gasteiger partial charge in [0.25, 0.3) is 17.7 Å². The van der Waals surface area contributed by atoms with Gasteiger partial charge in [-0.1, -0.05) is 31.3 Å². The highest BCUT2D eigenvalue weighted by molar-refractivity contribution is 14.1. The molecule has 474 valence electrons. The first-order chi connectivity index (χ1) is 40.5. The van der Waals surface area contributed by atoms with Gasteiger partial charge in [0.15, 0.2) is 11.7 Å². The molecule has 7 rings (SSSR count). The van der Waals surface area contributed by atoms with Gasteiger partial charge in [-0.3, -0.25) is 9.97 Å². The van der Waals surface area contributed by atoms with Crippen LogP contribution in [0.25, 0.3) is 27.4 Å². The van der Waals surface area contributed by atoms with Crippen molar-refractivity contribution >= 4 is 88.8 Å². The number of amidine groups is 2. The Kier molecular flexibility index (Phi) is 22.6. The molecule has 20 nitrogen and oxygen atoms in total.